The number of hydrogen-bond donors (Lipinski definition) is 1. The molecule has 0 spiro atoms. The standard InChI is InChI=1S/C16H19F3N2O2/c1-21(16(23)10-5-3-2-4-6-10)9-13(22)20-12-8-7-11(17)14(18)15(12)19/h7-8,10H,2-6,9H2,1H3,(H,20,22). The van der Waals surface area contributed by atoms with E-state index >= 15 is 0 Å². The summed E-state index contributed by atoms with van der Waals surface area (Å²) in [4.78, 5) is 25.4. The number of nitrogens with one attached hydrogen (secondary N) is 1. The third-order valence-corrected chi connectivity index (χ3v) is 4.02. The van der Waals surface area contributed by atoms with Crippen LogP contribution >= 0.6 is 0 Å². The Bertz CT molecular complexity index is 601. The number of halogens is 3. The van der Waals surface area contributed by atoms with Gasteiger partial charge in [0.25, 0.3) is 0 Å². The maximum atomic E-state index is 13.5. The van der Waals surface area contributed by atoms with Crippen LogP contribution in [0.4, 0.5) is 18.9 Å². The summed E-state index contributed by atoms with van der Waals surface area (Å²) in [6.07, 6.45) is 4.72. The van der Waals surface area contributed by atoms with Crippen LogP contribution in [-0.4, -0.2) is 30.3 Å². The summed E-state index contributed by atoms with van der Waals surface area (Å²) in [7, 11) is 1.50. The summed E-state index contributed by atoms with van der Waals surface area (Å²) < 4.78 is 39.4. The van der Waals surface area contributed by atoms with Gasteiger partial charge in [0, 0.05) is 13.0 Å². The summed E-state index contributed by atoms with van der Waals surface area (Å²) in [5.41, 5.74) is -0.451. The molecule has 0 atom stereocenters. The van der Waals surface area contributed by atoms with Gasteiger partial charge in [-0.05, 0) is 25.0 Å². The van der Waals surface area contributed by atoms with Crippen molar-refractivity contribution < 1.29 is 22.8 Å². The molecule has 0 aromatic heterocycles. The van der Waals surface area contributed by atoms with Crippen LogP contribution in [0.3, 0.4) is 0 Å². The number of carbonyl (C=O) groups excluding carboxylic acids is 2. The summed E-state index contributed by atoms with van der Waals surface area (Å²) >= 11 is 0. The molecule has 0 saturated heterocycles. The van der Waals surface area contributed by atoms with Crippen LogP contribution in [-0.2, 0) is 9.59 Å². The summed E-state index contributed by atoms with van der Waals surface area (Å²) in [5.74, 6) is -5.30. The van der Waals surface area contributed by atoms with E-state index in [1.54, 1.807) is 0 Å². The highest BCUT2D eigenvalue weighted by Gasteiger charge is 2.25. The highest BCUT2D eigenvalue weighted by molar-refractivity contribution is 5.94. The third-order valence-electron chi connectivity index (χ3n) is 4.02. The Balaban J connectivity index is 1.94. The molecule has 7 heteroatoms. The molecule has 4 nitrogen and oxygen atoms in total. The van der Waals surface area contributed by atoms with Gasteiger partial charge in [-0.1, -0.05) is 19.3 Å². The molecule has 1 aromatic carbocycles. The van der Waals surface area contributed by atoms with Crippen molar-refractivity contribution in [2.45, 2.75) is 32.1 Å². The molecule has 2 amide bonds. The minimum Gasteiger partial charge on any atom is -0.336 e. The van der Waals surface area contributed by atoms with Gasteiger partial charge in [-0.25, -0.2) is 13.2 Å². The van der Waals surface area contributed by atoms with Gasteiger partial charge in [-0.3, -0.25) is 9.59 Å². The van der Waals surface area contributed by atoms with E-state index < -0.39 is 29.0 Å². The molecule has 2 rings (SSSR count). The number of hydrogen-bond acceptors (Lipinski definition) is 2. The lowest BCUT2D eigenvalue weighted by Gasteiger charge is -2.26. The second-order valence-corrected chi connectivity index (χ2v) is 5.80. The molecule has 0 heterocycles. The first-order valence-electron chi connectivity index (χ1n) is 7.58. The fourth-order valence-corrected chi connectivity index (χ4v) is 2.77. The van der Waals surface area contributed by atoms with Crippen LogP contribution in [0.5, 0.6) is 0 Å². The van der Waals surface area contributed by atoms with Crippen molar-refractivity contribution in [2.24, 2.45) is 5.92 Å². The average molecular weight is 328 g/mol. The van der Waals surface area contributed by atoms with E-state index in [1.807, 2.05) is 0 Å². The van der Waals surface area contributed by atoms with E-state index in [1.165, 1.54) is 11.9 Å². The molecule has 23 heavy (non-hydrogen) atoms. The minimum atomic E-state index is -1.64. The van der Waals surface area contributed by atoms with E-state index in [-0.39, 0.29) is 18.4 Å². The molecule has 1 aliphatic carbocycles. The fraction of sp³-hybridized carbons (Fsp3) is 0.500. The quantitative estimate of drug-likeness (QED) is 0.864. The smallest absolute Gasteiger partial charge is 0.244 e. The molecular formula is C16H19F3N2O2. The van der Waals surface area contributed by atoms with E-state index in [4.69, 9.17) is 0 Å². The summed E-state index contributed by atoms with van der Waals surface area (Å²) in [6, 6.07) is 1.67. The number of amides is 2. The van der Waals surface area contributed by atoms with Crippen molar-refractivity contribution in [2.75, 3.05) is 18.9 Å². The number of benzene rings is 1. The van der Waals surface area contributed by atoms with Crippen LogP contribution in [0.15, 0.2) is 12.1 Å². The predicted molar refractivity (Wildman–Crippen MR) is 79.2 cm³/mol. The second-order valence-electron chi connectivity index (χ2n) is 5.80. The van der Waals surface area contributed by atoms with E-state index in [2.05, 4.69) is 5.32 Å². The first kappa shape index (κ1) is 17.3. The monoisotopic (exact) mass is 328 g/mol. The lowest BCUT2D eigenvalue weighted by molar-refractivity contribution is -0.137. The lowest BCUT2D eigenvalue weighted by atomic mass is 9.88. The number of rotatable bonds is 4. The summed E-state index contributed by atoms with van der Waals surface area (Å²) in [6.45, 7) is -0.270. The highest BCUT2D eigenvalue weighted by Crippen LogP contribution is 2.25. The zero-order valence-corrected chi connectivity index (χ0v) is 12.9. The van der Waals surface area contributed by atoms with Crippen molar-refractivity contribution in [3.05, 3.63) is 29.6 Å². The van der Waals surface area contributed by atoms with Crippen molar-refractivity contribution in [3.63, 3.8) is 0 Å². The topological polar surface area (TPSA) is 49.4 Å². The SMILES string of the molecule is CN(CC(=O)Nc1ccc(F)c(F)c1F)C(=O)C1CCCCC1. The maximum Gasteiger partial charge on any atom is 0.244 e. The molecule has 1 saturated carbocycles. The summed E-state index contributed by atoms with van der Waals surface area (Å²) in [5, 5.41) is 2.15. The van der Waals surface area contributed by atoms with Crippen molar-refractivity contribution in [1.29, 1.82) is 0 Å². The number of nitrogens with zero attached hydrogens (tertiary/aromatic N) is 1. The van der Waals surface area contributed by atoms with E-state index in [0.717, 1.165) is 44.2 Å². The molecule has 0 radical (unpaired) electrons. The molecule has 1 aromatic rings. The van der Waals surface area contributed by atoms with Gasteiger partial charge in [0.15, 0.2) is 17.5 Å². The number of carbonyl (C=O) groups is 2. The first-order valence-corrected chi connectivity index (χ1v) is 7.58. The van der Waals surface area contributed by atoms with E-state index in [0.29, 0.717) is 0 Å². The molecule has 0 bridgehead atoms. The largest absolute Gasteiger partial charge is 0.336 e. The molecule has 0 unspecified atom stereocenters. The number of anilines is 1. The normalized spacial score (nSPS) is 15.3. The zero-order valence-electron chi connectivity index (χ0n) is 12.9. The van der Waals surface area contributed by atoms with Gasteiger partial charge in [-0.2, -0.15) is 0 Å². The lowest BCUT2D eigenvalue weighted by Crippen LogP contribution is -2.39. The van der Waals surface area contributed by atoms with Crippen molar-refractivity contribution in [3.8, 4) is 0 Å². The van der Waals surface area contributed by atoms with Gasteiger partial charge in [0.05, 0.1) is 12.2 Å². The molecule has 1 fully saturated rings. The predicted octanol–water partition coefficient (Wildman–Crippen LogP) is 3.08. The molecule has 1 N–H and O–H groups in total. The molecular weight excluding hydrogens is 309 g/mol. The van der Waals surface area contributed by atoms with E-state index in [9.17, 15) is 22.8 Å². The van der Waals surface area contributed by atoms with Crippen LogP contribution in [0, 0.1) is 23.4 Å². The third kappa shape index (κ3) is 4.24. The second kappa shape index (κ2) is 7.48. The van der Waals surface area contributed by atoms with Gasteiger partial charge in [0.2, 0.25) is 11.8 Å². The first-order chi connectivity index (χ1) is 10.9. The van der Waals surface area contributed by atoms with Crippen molar-refractivity contribution >= 4 is 17.5 Å². The molecule has 0 aliphatic heterocycles. The Morgan fingerprint density at radius 2 is 1.78 bits per heavy atom. The Kier molecular flexibility index (Phi) is 5.63. The fourth-order valence-electron chi connectivity index (χ4n) is 2.77. The molecule has 1 aliphatic rings. The Morgan fingerprint density at radius 1 is 1.13 bits per heavy atom. The maximum absolute atomic E-state index is 13.5. The van der Waals surface area contributed by atoms with Crippen LogP contribution < -0.4 is 5.32 Å². The van der Waals surface area contributed by atoms with Gasteiger partial charge in [-0.15, -0.1) is 0 Å². The van der Waals surface area contributed by atoms with Gasteiger partial charge in [0.1, 0.15) is 0 Å². The van der Waals surface area contributed by atoms with Gasteiger partial charge < -0.3 is 10.2 Å². The van der Waals surface area contributed by atoms with Gasteiger partial charge >= 0.3 is 0 Å². The van der Waals surface area contributed by atoms with Crippen LogP contribution in [0.2, 0.25) is 0 Å². The Morgan fingerprint density at radius 3 is 2.43 bits per heavy atom. The Labute approximate surface area is 132 Å². The van der Waals surface area contributed by atoms with Crippen LogP contribution in [0.25, 0.3) is 0 Å². The minimum absolute atomic E-state index is 0.0819. The van der Waals surface area contributed by atoms with Crippen LogP contribution in [0.1, 0.15) is 32.1 Å². The Hall–Kier alpha value is -2.05. The van der Waals surface area contributed by atoms with Crippen molar-refractivity contribution in [1.82, 2.24) is 4.90 Å². The number of likely N-dealkylation sites (N-methyl/N-ethyl adjacent to an activating group) is 1. The zero-order chi connectivity index (χ0) is 17.0. The average Bonchev–Trinajstić information content (AvgIpc) is 2.55. The molecule has 126 valence electrons. The highest BCUT2D eigenvalue weighted by atomic mass is 19.2.